The van der Waals surface area contributed by atoms with Gasteiger partial charge in [0, 0.05) is 26.0 Å². The Morgan fingerprint density at radius 3 is 2.59 bits per heavy atom. The topological polar surface area (TPSA) is 66.8 Å². The van der Waals surface area contributed by atoms with E-state index in [1.807, 2.05) is 6.92 Å². The summed E-state index contributed by atoms with van der Waals surface area (Å²) in [4.78, 5) is 24.1. The molecule has 0 aromatic carbocycles. The normalized spacial score (nSPS) is 12.2. The fourth-order valence-corrected chi connectivity index (χ4v) is 2.00. The van der Waals surface area contributed by atoms with Gasteiger partial charge in [-0.3, -0.25) is 9.59 Å². The van der Waals surface area contributed by atoms with Crippen molar-refractivity contribution < 1.29 is 19.4 Å². The van der Waals surface area contributed by atoms with Crippen molar-refractivity contribution in [2.75, 3.05) is 38.3 Å². The lowest BCUT2D eigenvalue weighted by Gasteiger charge is -2.22. The third-order valence-corrected chi connectivity index (χ3v) is 3.21. The van der Waals surface area contributed by atoms with E-state index in [1.165, 1.54) is 11.8 Å². The highest BCUT2D eigenvalue weighted by Gasteiger charge is 2.18. The lowest BCUT2D eigenvalue weighted by molar-refractivity contribution is -0.142. The molecule has 5 nitrogen and oxygen atoms in total. The van der Waals surface area contributed by atoms with Crippen LogP contribution in [-0.4, -0.2) is 60.2 Å². The predicted molar refractivity (Wildman–Crippen MR) is 68.3 cm³/mol. The van der Waals surface area contributed by atoms with Gasteiger partial charge in [0.2, 0.25) is 5.91 Å². The monoisotopic (exact) mass is 263 g/mol. The van der Waals surface area contributed by atoms with Crippen LogP contribution >= 0.6 is 11.8 Å². The van der Waals surface area contributed by atoms with E-state index < -0.39 is 11.9 Å². The second kappa shape index (κ2) is 9.30. The van der Waals surface area contributed by atoms with Crippen molar-refractivity contribution in [3.63, 3.8) is 0 Å². The van der Waals surface area contributed by atoms with Gasteiger partial charge in [0.15, 0.2) is 0 Å². The molecule has 1 N–H and O–H groups in total. The Kier molecular flexibility index (Phi) is 8.89. The molecule has 1 amide bonds. The SMILES string of the molecule is CCN(CC(C)C(=O)O)C(=O)CSCCOC. The molecule has 1 atom stereocenters. The molecule has 0 bridgehead atoms. The maximum absolute atomic E-state index is 11.8. The lowest BCUT2D eigenvalue weighted by atomic mass is 10.2. The standard InChI is InChI=1S/C11H21NO4S/c1-4-12(7-9(2)11(14)15)10(13)8-17-6-5-16-3/h9H,4-8H2,1-3H3,(H,14,15). The van der Waals surface area contributed by atoms with E-state index in [2.05, 4.69) is 0 Å². The van der Waals surface area contributed by atoms with Crippen molar-refractivity contribution in [1.82, 2.24) is 4.90 Å². The minimum atomic E-state index is -0.872. The van der Waals surface area contributed by atoms with Gasteiger partial charge in [-0.05, 0) is 6.92 Å². The zero-order chi connectivity index (χ0) is 13.3. The highest BCUT2D eigenvalue weighted by atomic mass is 32.2. The quantitative estimate of drug-likeness (QED) is 0.627. The number of methoxy groups -OCH3 is 1. The molecule has 0 aliphatic heterocycles. The Balaban J connectivity index is 3.99. The van der Waals surface area contributed by atoms with Crippen molar-refractivity contribution >= 4 is 23.6 Å². The second-order valence-corrected chi connectivity index (χ2v) is 4.82. The lowest BCUT2D eigenvalue weighted by Crippen LogP contribution is -2.37. The molecule has 0 aromatic heterocycles. The fraction of sp³-hybridized carbons (Fsp3) is 0.818. The highest BCUT2D eigenvalue weighted by molar-refractivity contribution is 7.99. The average Bonchev–Trinajstić information content (AvgIpc) is 2.30. The number of hydrogen-bond donors (Lipinski definition) is 1. The first-order valence-electron chi connectivity index (χ1n) is 5.60. The van der Waals surface area contributed by atoms with Gasteiger partial charge < -0.3 is 14.7 Å². The summed E-state index contributed by atoms with van der Waals surface area (Å²) >= 11 is 1.50. The first-order chi connectivity index (χ1) is 8.02. The van der Waals surface area contributed by atoms with Gasteiger partial charge in [-0.25, -0.2) is 0 Å². The third kappa shape index (κ3) is 7.23. The molecule has 0 saturated heterocycles. The molecule has 1 unspecified atom stereocenters. The van der Waals surface area contributed by atoms with Crippen molar-refractivity contribution in [3.05, 3.63) is 0 Å². The maximum atomic E-state index is 11.8. The van der Waals surface area contributed by atoms with Crippen LogP contribution in [0.5, 0.6) is 0 Å². The molecule has 100 valence electrons. The molecule has 0 radical (unpaired) electrons. The molecule has 0 aliphatic carbocycles. The minimum absolute atomic E-state index is 0.0123. The van der Waals surface area contributed by atoms with E-state index in [-0.39, 0.29) is 12.5 Å². The molecular formula is C11H21NO4S. The number of rotatable bonds is 9. The summed E-state index contributed by atoms with van der Waals surface area (Å²) in [5.41, 5.74) is 0. The zero-order valence-corrected chi connectivity index (χ0v) is 11.5. The summed E-state index contributed by atoms with van der Waals surface area (Å²) in [6, 6.07) is 0. The van der Waals surface area contributed by atoms with Gasteiger partial charge >= 0.3 is 5.97 Å². The van der Waals surface area contributed by atoms with Gasteiger partial charge in [-0.1, -0.05) is 6.92 Å². The molecule has 0 heterocycles. The van der Waals surface area contributed by atoms with E-state index >= 15 is 0 Å². The summed E-state index contributed by atoms with van der Waals surface area (Å²) in [7, 11) is 1.62. The number of ether oxygens (including phenoxy) is 1. The number of carboxylic acid groups (broad SMARTS) is 1. The van der Waals surface area contributed by atoms with Gasteiger partial charge in [0.25, 0.3) is 0 Å². The Morgan fingerprint density at radius 1 is 1.47 bits per heavy atom. The number of carbonyl (C=O) groups excluding carboxylic acids is 1. The molecule has 0 fully saturated rings. The minimum Gasteiger partial charge on any atom is -0.481 e. The number of nitrogens with zero attached hydrogens (tertiary/aromatic N) is 1. The van der Waals surface area contributed by atoms with Gasteiger partial charge in [-0.15, -0.1) is 11.8 Å². The molecule has 0 aromatic rings. The van der Waals surface area contributed by atoms with Crippen LogP contribution in [-0.2, 0) is 14.3 Å². The van der Waals surface area contributed by atoms with Crippen LogP contribution in [0, 0.1) is 5.92 Å². The van der Waals surface area contributed by atoms with Crippen LogP contribution in [0.15, 0.2) is 0 Å². The van der Waals surface area contributed by atoms with Crippen LogP contribution < -0.4 is 0 Å². The Hall–Kier alpha value is -0.750. The Labute approximate surface area is 107 Å². The van der Waals surface area contributed by atoms with E-state index in [0.29, 0.717) is 18.9 Å². The summed E-state index contributed by atoms with van der Waals surface area (Å²) in [5, 5.41) is 8.79. The van der Waals surface area contributed by atoms with E-state index in [4.69, 9.17) is 9.84 Å². The number of thioether (sulfide) groups is 1. The number of carboxylic acids is 1. The van der Waals surface area contributed by atoms with Crippen molar-refractivity contribution in [1.29, 1.82) is 0 Å². The predicted octanol–water partition coefficient (Wildman–Crippen LogP) is 0.935. The van der Waals surface area contributed by atoms with Gasteiger partial charge in [0.05, 0.1) is 18.3 Å². The van der Waals surface area contributed by atoms with Crippen molar-refractivity contribution in [2.24, 2.45) is 5.92 Å². The highest BCUT2D eigenvalue weighted by Crippen LogP contribution is 2.06. The molecule has 0 spiro atoms. The van der Waals surface area contributed by atoms with Crippen molar-refractivity contribution in [2.45, 2.75) is 13.8 Å². The molecule has 0 saturated carbocycles. The maximum Gasteiger partial charge on any atom is 0.308 e. The summed E-state index contributed by atoms with van der Waals surface area (Å²) < 4.78 is 4.88. The average molecular weight is 263 g/mol. The third-order valence-electron chi connectivity index (χ3n) is 2.31. The largest absolute Gasteiger partial charge is 0.481 e. The van der Waals surface area contributed by atoms with Crippen LogP contribution in [0.3, 0.4) is 0 Å². The van der Waals surface area contributed by atoms with Gasteiger partial charge in [-0.2, -0.15) is 0 Å². The van der Waals surface area contributed by atoms with E-state index in [9.17, 15) is 9.59 Å². The van der Waals surface area contributed by atoms with Crippen LogP contribution in [0.2, 0.25) is 0 Å². The molecule has 0 rings (SSSR count). The zero-order valence-electron chi connectivity index (χ0n) is 10.6. The number of aliphatic carboxylic acids is 1. The van der Waals surface area contributed by atoms with Crippen LogP contribution in [0.25, 0.3) is 0 Å². The van der Waals surface area contributed by atoms with E-state index in [0.717, 1.165) is 5.75 Å². The number of amides is 1. The summed E-state index contributed by atoms with van der Waals surface area (Å²) in [6.07, 6.45) is 0. The van der Waals surface area contributed by atoms with Crippen molar-refractivity contribution in [3.8, 4) is 0 Å². The molecule has 0 aliphatic rings. The second-order valence-electron chi connectivity index (χ2n) is 3.72. The van der Waals surface area contributed by atoms with Crippen LogP contribution in [0.4, 0.5) is 0 Å². The fourth-order valence-electron chi connectivity index (χ4n) is 1.21. The van der Waals surface area contributed by atoms with E-state index in [1.54, 1.807) is 18.9 Å². The first-order valence-corrected chi connectivity index (χ1v) is 6.75. The Morgan fingerprint density at radius 2 is 2.12 bits per heavy atom. The molecule has 6 heteroatoms. The first kappa shape index (κ1) is 16.2. The van der Waals surface area contributed by atoms with Crippen LogP contribution in [0.1, 0.15) is 13.8 Å². The molecule has 17 heavy (non-hydrogen) atoms. The molecular weight excluding hydrogens is 242 g/mol. The smallest absolute Gasteiger partial charge is 0.308 e. The number of hydrogen-bond acceptors (Lipinski definition) is 4. The Bertz CT molecular complexity index is 248. The van der Waals surface area contributed by atoms with Gasteiger partial charge in [0.1, 0.15) is 0 Å². The summed E-state index contributed by atoms with van der Waals surface area (Å²) in [6.45, 7) is 4.90. The number of carbonyl (C=O) groups is 2. The summed E-state index contributed by atoms with van der Waals surface area (Å²) in [5.74, 6) is -0.259.